The van der Waals surface area contributed by atoms with Crippen molar-refractivity contribution in [3.63, 3.8) is 0 Å². The molecule has 1 aromatic heterocycles. The zero-order chi connectivity index (χ0) is 20.9. The molecule has 1 heterocycles. The number of aromatic nitrogens is 2. The van der Waals surface area contributed by atoms with E-state index >= 15 is 0 Å². The number of nitrogens with one attached hydrogen (secondary N) is 1. The molecule has 0 bridgehead atoms. The third-order valence-electron chi connectivity index (χ3n) is 4.21. The molecule has 1 N–H and O–H groups in total. The Kier molecular flexibility index (Phi) is 6.46. The SMILES string of the molecule is CCOc1cccc(-c2cc(Nc3cccc(CS(=O)(=O)N(C)C)c3)ncn2)c1. The summed E-state index contributed by atoms with van der Waals surface area (Å²) in [6.45, 7) is 2.54. The van der Waals surface area contributed by atoms with Gasteiger partial charge in [0.1, 0.15) is 17.9 Å². The molecule has 0 aliphatic rings. The molecule has 7 nitrogen and oxygen atoms in total. The molecule has 0 radical (unpaired) electrons. The first-order chi connectivity index (χ1) is 13.9. The minimum Gasteiger partial charge on any atom is -0.494 e. The number of ether oxygens (including phenoxy) is 1. The zero-order valence-electron chi connectivity index (χ0n) is 16.7. The van der Waals surface area contributed by atoms with Gasteiger partial charge in [-0.3, -0.25) is 0 Å². The highest BCUT2D eigenvalue weighted by atomic mass is 32.2. The van der Waals surface area contributed by atoms with E-state index in [9.17, 15) is 8.42 Å². The summed E-state index contributed by atoms with van der Waals surface area (Å²) in [4.78, 5) is 8.62. The monoisotopic (exact) mass is 412 g/mol. The first-order valence-corrected chi connectivity index (χ1v) is 10.8. The van der Waals surface area contributed by atoms with E-state index in [0.717, 1.165) is 22.7 Å². The molecule has 8 heteroatoms. The Balaban J connectivity index is 1.81. The van der Waals surface area contributed by atoms with Crippen LogP contribution < -0.4 is 10.1 Å². The van der Waals surface area contributed by atoms with Crippen LogP contribution in [-0.4, -0.2) is 43.4 Å². The van der Waals surface area contributed by atoms with E-state index in [1.807, 2.05) is 49.4 Å². The van der Waals surface area contributed by atoms with Crippen LogP contribution in [0.25, 0.3) is 11.3 Å². The van der Waals surface area contributed by atoms with E-state index < -0.39 is 10.0 Å². The quantitative estimate of drug-likeness (QED) is 0.608. The second-order valence-corrected chi connectivity index (χ2v) is 8.80. The van der Waals surface area contributed by atoms with E-state index in [-0.39, 0.29) is 5.75 Å². The lowest BCUT2D eigenvalue weighted by Crippen LogP contribution is -2.23. The van der Waals surface area contributed by atoms with Crippen molar-refractivity contribution in [1.29, 1.82) is 0 Å². The van der Waals surface area contributed by atoms with Crippen LogP contribution in [0.3, 0.4) is 0 Å². The number of anilines is 2. The van der Waals surface area contributed by atoms with E-state index in [4.69, 9.17) is 4.74 Å². The molecule has 2 aromatic carbocycles. The van der Waals surface area contributed by atoms with Crippen molar-refractivity contribution >= 4 is 21.5 Å². The predicted octanol–water partition coefficient (Wildman–Crippen LogP) is 3.68. The molecule has 3 aromatic rings. The van der Waals surface area contributed by atoms with Crippen LogP contribution in [0.15, 0.2) is 60.9 Å². The van der Waals surface area contributed by atoms with Crippen molar-refractivity contribution in [2.75, 3.05) is 26.0 Å². The number of hydrogen-bond donors (Lipinski definition) is 1. The van der Waals surface area contributed by atoms with E-state index in [2.05, 4.69) is 15.3 Å². The molecule has 0 aliphatic carbocycles. The largest absolute Gasteiger partial charge is 0.494 e. The zero-order valence-corrected chi connectivity index (χ0v) is 17.5. The number of rotatable bonds is 8. The number of hydrogen-bond acceptors (Lipinski definition) is 6. The van der Waals surface area contributed by atoms with Gasteiger partial charge >= 0.3 is 0 Å². The highest BCUT2D eigenvalue weighted by molar-refractivity contribution is 7.88. The van der Waals surface area contributed by atoms with Gasteiger partial charge in [0.25, 0.3) is 0 Å². The van der Waals surface area contributed by atoms with Crippen LogP contribution in [0.5, 0.6) is 5.75 Å². The Morgan fingerprint density at radius 3 is 2.59 bits per heavy atom. The summed E-state index contributed by atoms with van der Waals surface area (Å²) in [6, 6.07) is 16.8. The van der Waals surface area contributed by atoms with Gasteiger partial charge in [-0.15, -0.1) is 0 Å². The lowest BCUT2D eigenvalue weighted by atomic mass is 10.1. The topological polar surface area (TPSA) is 84.4 Å². The molecule has 0 atom stereocenters. The summed E-state index contributed by atoms with van der Waals surface area (Å²) >= 11 is 0. The molecule has 0 saturated heterocycles. The first-order valence-electron chi connectivity index (χ1n) is 9.19. The maximum atomic E-state index is 12.1. The van der Waals surface area contributed by atoms with Gasteiger partial charge < -0.3 is 10.1 Å². The van der Waals surface area contributed by atoms with Crippen molar-refractivity contribution in [3.8, 4) is 17.0 Å². The summed E-state index contributed by atoms with van der Waals surface area (Å²) < 4.78 is 31.0. The Labute approximate surface area is 171 Å². The van der Waals surface area contributed by atoms with Gasteiger partial charge in [-0.1, -0.05) is 24.3 Å². The highest BCUT2D eigenvalue weighted by Crippen LogP contribution is 2.25. The van der Waals surface area contributed by atoms with Gasteiger partial charge in [-0.2, -0.15) is 0 Å². The maximum absolute atomic E-state index is 12.1. The van der Waals surface area contributed by atoms with Crippen LogP contribution in [-0.2, 0) is 15.8 Å². The van der Waals surface area contributed by atoms with Gasteiger partial charge in [-0.05, 0) is 36.8 Å². The Morgan fingerprint density at radius 1 is 1.03 bits per heavy atom. The number of nitrogens with zero attached hydrogens (tertiary/aromatic N) is 3. The summed E-state index contributed by atoms with van der Waals surface area (Å²) in [5, 5.41) is 3.22. The molecular weight excluding hydrogens is 388 g/mol. The fraction of sp³-hybridized carbons (Fsp3) is 0.238. The van der Waals surface area contributed by atoms with Crippen molar-refractivity contribution in [2.45, 2.75) is 12.7 Å². The second kappa shape index (κ2) is 9.02. The van der Waals surface area contributed by atoms with Crippen molar-refractivity contribution in [1.82, 2.24) is 14.3 Å². The average Bonchev–Trinajstić information content (AvgIpc) is 2.68. The van der Waals surface area contributed by atoms with Gasteiger partial charge in [-0.25, -0.2) is 22.7 Å². The first kappa shape index (κ1) is 20.8. The molecule has 152 valence electrons. The molecule has 0 unspecified atom stereocenters. The third-order valence-corrected chi connectivity index (χ3v) is 6.02. The fourth-order valence-corrected chi connectivity index (χ4v) is 3.58. The highest BCUT2D eigenvalue weighted by Gasteiger charge is 2.14. The number of sulfonamides is 1. The van der Waals surface area contributed by atoms with Crippen LogP contribution >= 0.6 is 0 Å². The van der Waals surface area contributed by atoms with Gasteiger partial charge in [0.2, 0.25) is 10.0 Å². The van der Waals surface area contributed by atoms with E-state index in [1.54, 1.807) is 12.1 Å². The van der Waals surface area contributed by atoms with Crippen LogP contribution in [0.2, 0.25) is 0 Å². The van der Waals surface area contributed by atoms with E-state index in [0.29, 0.717) is 18.0 Å². The van der Waals surface area contributed by atoms with Crippen LogP contribution in [0.4, 0.5) is 11.5 Å². The number of benzene rings is 2. The van der Waals surface area contributed by atoms with Crippen molar-refractivity contribution < 1.29 is 13.2 Å². The Morgan fingerprint density at radius 2 is 1.83 bits per heavy atom. The lowest BCUT2D eigenvalue weighted by molar-refractivity contribution is 0.340. The normalized spacial score (nSPS) is 11.4. The average molecular weight is 413 g/mol. The molecule has 0 aliphatic heterocycles. The minimum atomic E-state index is -3.32. The fourth-order valence-electron chi connectivity index (χ4n) is 2.72. The Bertz CT molecular complexity index is 1080. The summed E-state index contributed by atoms with van der Waals surface area (Å²) in [6.07, 6.45) is 1.49. The minimum absolute atomic E-state index is 0.0607. The van der Waals surface area contributed by atoms with Gasteiger partial charge in [0.15, 0.2) is 0 Å². The van der Waals surface area contributed by atoms with Gasteiger partial charge in [0.05, 0.1) is 18.1 Å². The second-order valence-electron chi connectivity index (χ2n) is 6.61. The molecule has 29 heavy (non-hydrogen) atoms. The molecule has 0 fully saturated rings. The molecule has 0 spiro atoms. The predicted molar refractivity (Wildman–Crippen MR) is 115 cm³/mol. The van der Waals surface area contributed by atoms with Crippen molar-refractivity contribution in [2.24, 2.45) is 0 Å². The molecule has 0 saturated carbocycles. The summed E-state index contributed by atoms with van der Waals surface area (Å²) in [5.41, 5.74) is 3.13. The van der Waals surface area contributed by atoms with Crippen LogP contribution in [0, 0.1) is 0 Å². The smallest absolute Gasteiger partial charge is 0.217 e. The lowest BCUT2D eigenvalue weighted by Gasteiger charge is -2.12. The van der Waals surface area contributed by atoms with E-state index in [1.165, 1.54) is 24.7 Å². The van der Waals surface area contributed by atoms with Crippen molar-refractivity contribution in [3.05, 3.63) is 66.5 Å². The Hall–Kier alpha value is -2.97. The molecule has 0 amide bonds. The summed E-state index contributed by atoms with van der Waals surface area (Å²) in [5.74, 6) is 1.34. The maximum Gasteiger partial charge on any atom is 0.217 e. The third kappa shape index (κ3) is 5.52. The molecule has 3 rings (SSSR count). The molecular formula is C21H24N4O3S. The van der Waals surface area contributed by atoms with Crippen LogP contribution in [0.1, 0.15) is 12.5 Å². The van der Waals surface area contributed by atoms with Gasteiger partial charge in [0, 0.05) is 31.4 Å². The standard InChI is InChI=1S/C21H24N4O3S/c1-4-28-19-10-6-8-17(12-19)20-13-21(23-15-22-20)24-18-9-5-7-16(11-18)14-29(26,27)25(2)3/h5-13,15H,4,14H2,1-3H3,(H,22,23,24). The summed E-state index contributed by atoms with van der Waals surface area (Å²) in [7, 11) is -0.268.